The van der Waals surface area contributed by atoms with E-state index >= 15 is 0 Å². The number of hydrogen-bond acceptors (Lipinski definition) is 3. The van der Waals surface area contributed by atoms with Gasteiger partial charge in [0.15, 0.2) is 5.60 Å². The molecule has 1 aromatic rings. The van der Waals surface area contributed by atoms with Crippen LogP contribution in [0.5, 0.6) is 0 Å². The molecule has 0 aliphatic heterocycles. The highest BCUT2D eigenvalue weighted by atomic mass is 16.6. The van der Waals surface area contributed by atoms with Gasteiger partial charge in [0, 0.05) is 12.5 Å². The van der Waals surface area contributed by atoms with E-state index in [9.17, 15) is 9.59 Å². The summed E-state index contributed by atoms with van der Waals surface area (Å²) < 4.78 is 5.05. The summed E-state index contributed by atoms with van der Waals surface area (Å²) in [5.74, 6) is -0.627. The molecule has 0 heterocycles. The molecule has 0 N–H and O–H groups in total. The molecule has 0 saturated carbocycles. The van der Waals surface area contributed by atoms with Gasteiger partial charge in [-0.05, 0) is 33.3 Å². The zero-order valence-corrected chi connectivity index (χ0v) is 11.0. The number of ether oxygens (including phenoxy) is 1. The molecule has 1 rings (SSSR count). The number of benzene rings is 1. The number of carbonyl (C=O) groups is 2. The van der Waals surface area contributed by atoms with E-state index in [1.807, 2.05) is 26.0 Å². The van der Waals surface area contributed by atoms with E-state index in [0.29, 0.717) is 5.56 Å². The number of ketones is 1. The summed E-state index contributed by atoms with van der Waals surface area (Å²) in [5, 5.41) is 0. The first-order valence-corrected chi connectivity index (χ1v) is 5.55. The molecule has 0 bridgehead atoms. The number of hydrogen-bond donors (Lipinski definition) is 0. The average Bonchev–Trinajstić information content (AvgIpc) is 2.14. The van der Waals surface area contributed by atoms with Gasteiger partial charge in [-0.2, -0.15) is 0 Å². The third-order valence-electron chi connectivity index (χ3n) is 2.57. The lowest BCUT2D eigenvalue weighted by molar-refractivity contribution is -0.149. The maximum absolute atomic E-state index is 12.3. The zero-order valence-electron chi connectivity index (χ0n) is 11.0. The molecule has 1 aromatic carbocycles. The quantitative estimate of drug-likeness (QED) is 0.596. The Labute approximate surface area is 102 Å². The van der Waals surface area contributed by atoms with E-state index in [2.05, 4.69) is 0 Å². The molecule has 0 radical (unpaired) electrons. The minimum atomic E-state index is -1.12. The van der Waals surface area contributed by atoms with Gasteiger partial charge in [-0.25, -0.2) is 0 Å². The Morgan fingerprint density at radius 3 is 2.24 bits per heavy atom. The highest BCUT2D eigenvalue weighted by molar-refractivity contribution is 6.04. The van der Waals surface area contributed by atoms with Crippen LogP contribution in [0.2, 0.25) is 0 Å². The molecule has 0 saturated heterocycles. The van der Waals surface area contributed by atoms with Gasteiger partial charge < -0.3 is 4.74 Å². The van der Waals surface area contributed by atoms with Crippen LogP contribution in [0, 0.1) is 13.8 Å². The van der Waals surface area contributed by atoms with Gasteiger partial charge in [0.2, 0.25) is 5.78 Å². The van der Waals surface area contributed by atoms with Gasteiger partial charge in [-0.3, -0.25) is 9.59 Å². The summed E-state index contributed by atoms with van der Waals surface area (Å²) in [6.45, 7) is 8.37. The van der Waals surface area contributed by atoms with Crippen LogP contribution in [0.15, 0.2) is 18.2 Å². The summed E-state index contributed by atoms with van der Waals surface area (Å²) in [6.07, 6.45) is 0. The standard InChI is InChI=1S/C14H18O3/c1-9-6-7-12(10(2)8-9)13(16)14(4,5)17-11(3)15/h6-8H,1-5H3. The largest absolute Gasteiger partial charge is 0.451 e. The number of Topliss-reactive ketones (excluding diaryl/α,β-unsaturated/α-hetero) is 1. The molecule has 0 atom stereocenters. The first kappa shape index (κ1) is 13.4. The van der Waals surface area contributed by atoms with Crippen LogP contribution >= 0.6 is 0 Å². The minimum absolute atomic E-state index is 0.176. The van der Waals surface area contributed by atoms with Gasteiger partial charge in [-0.1, -0.05) is 23.8 Å². The number of esters is 1. The summed E-state index contributed by atoms with van der Waals surface area (Å²) in [5.41, 5.74) is 1.48. The maximum Gasteiger partial charge on any atom is 0.303 e. The van der Waals surface area contributed by atoms with Crippen LogP contribution < -0.4 is 0 Å². The smallest absolute Gasteiger partial charge is 0.303 e. The van der Waals surface area contributed by atoms with Crippen molar-refractivity contribution in [1.29, 1.82) is 0 Å². The van der Waals surface area contributed by atoms with Crippen molar-refractivity contribution < 1.29 is 14.3 Å². The fourth-order valence-corrected chi connectivity index (χ4v) is 1.80. The highest BCUT2D eigenvalue weighted by Gasteiger charge is 2.32. The number of rotatable bonds is 3. The lowest BCUT2D eigenvalue weighted by Crippen LogP contribution is -2.37. The van der Waals surface area contributed by atoms with Crippen LogP contribution in [-0.4, -0.2) is 17.4 Å². The SMILES string of the molecule is CC(=O)OC(C)(C)C(=O)c1ccc(C)cc1C. The van der Waals surface area contributed by atoms with Crippen molar-refractivity contribution in [2.75, 3.05) is 0 Å². The van der Waals surface area contributed by atoms with Gasteiger partial charge in [0.25, 0.3) is 0 Å². The van der Waals surface area contributed by atoms with E-state index < -0.39 is 11.6 Å². The Kier molecular flexibility index (Phi) is 3.71. The molecule has 0 unspecified atom stereocenters. The second-order valence-electron chi connectivity index (χ2n) is 4.75. The van der Waals surface area contributed by atoms with Crippen molar-refractivity contribution in [2.45, 2.75) is 40.2 Å². The van der Waals surface area contributed by atoms with Gasteiger partial charge in [-0.15, -0.1) is 0 Å². The molecule has 0 aliphatic rings. The lowest BCUT2D eigenvalue weighted by atomic mass is 9.92. The van der Waals surface area contributed by atoms with Crippen LogP contribution in [0.1, 0.15) is 42.3 Å². The molecule has 92 valence electrons. The van der Waals surface area contributed by atoms with E-state index in [4.69, 9.17) is 4.74 Å². The topological polar surface area (TPSA) is 43.4 Å². The maximum atomic E-state index is 12.3. The molecule has 0 amide bonds. The second kappa shape index (κ2) is 4.70. The predicted molar refractivity (Wildman–Crippen MR) is 66.1 cm³/mol. The third-order valence-corrected chi connectivity index (χ3v) is 2.57. The van der Waals surface area contributed by atoms with Crippen LogP contribution in [-0.2, 0) is 9.53 Å². The third kappa shape index (κ3) is 3.16. The van der Waals surface area contributed by atoms with Crippen LogP contribution in [0.4, 0.5) is 0 Å². The fraction of sp³-hybridized carbons (Fsp3) is 0.429. The Morgan fingerprint density at radius 1 is 1.18 bits per heavy atom. The molecule has 17 heavy (non-hydrogen) atoms. The predicted octanol–water partition coefficient (Wildman–Crippen LogP) is 2.83. The molecule has 0 aromatic heterocycles. The van der Waals surface area contributed by atoms with Gasteiger partial charge in [0.1, 0.15) is 0 Å². The Morgan fingerprint density at radius 2 is 1.76 bits per heavy atom. The first-order chi connectivity index (χ1) is 7.74. The van der Waals surface area contributed by atoms with E-state index in [0.717, 1.165) is 11.1 Å². The number of carbonyl (C=O) groups excluding carboxylic acids is 2. The van der Waals surface area contributed by atoms with Crippen molar-refractivity contribution in [3.63, 3.8) is 0 Å². The molecule has 0 spiro atoms. The fourth-order valence-electron chi connectivity index (χ4n) is 1.80. The summed E-state index contributed by atoms with van der Waals surface area (Å²) in [4.78, 5) is 23.2. The summed E-state index contributed by atoms with van der Waals surface area (Å²) >= 11 is 0. The molecule has 3 heteroatoms. The van der Waals surface area contributed by atoms with E-state index in [-0.39, 0.29) is 5.78 Å². The van der Waals surface area contributed by atoms with Crippen LogP contribution in [0.3, 0.4) is 0 Å². The normalized spacial score (nSPS) is 11.1. The van der Waals surface area contributed by atoms with Gasteiger partial charge in [0.05, 0.1) is 0 Å². The Balaban J connectivity index is 3.07. The highest BCUT2D eigenvalue weighted by Crippen LogP contribution is 2.20. The second-order valence-corrected chi connectivity index (χ2v) is 4.75. The monoisotopic (exact) mass is 234 g/mol. The lowest BCUT2D eigenvalue weighted by Gasteiger charge is -2.23. The Hall–Kier alpha value is -1.64. The average molecular weight is 234 g/mol. The Bertz CT molecular complexity index is 459. The van der Waals surface area contributed by atoms with Crippen LogP contribution in [0.25, 0.3) is 0 Å². The first-order valence-electron chi connectivity index (χ1n) is 5.55. The molecule has 0 fully saturated rings. The van der Waals surface area contributed by atoms with Crippen molar-refractivity contribution in [3.8, 4) is 0 Å². The molecule has 3 nitrogen and oxygen atoms in total. The van der Waals surface area contributed by atoms with E-state index in [1.54, 1.807) is 19.9 Å². The summed E-state index contributed by atoms with van der Waals surface area (Å²) in [6, 6.07) is 5.60. The number of aryl methyl sites for hydroxylation is 2. The molecule has 0 aliphatic carbocycles. The van der Waals surface area contributed by atoms with Crippen molar-refractivity contribution in [2.24, 2.45) is 0 Å². The van der Waals surface area contributed by atoms with Crippen molar-refractivity contribution in [1.82, 2.24) is 0 Å². The van der Waals surface area contributed by atoms with Crippen molar-refractivity contribution in [3.05, 3.63) is 34.9 Å². The van der Waals surface area contributed by atoms with Crippen molar-refractivity contribution >= 4 is 11.8 Å². The molecular formula is C14H18O3. The zero-order chi connectivity index (χ0) is 13.2. The molecular weight excluding hydrogens is 216 g/mol. The van der Waals surface area contributed by atoms with Gasteiger partial charge >= 0.3 is 5.97 Å². The van der Waals surface area contributed by atoms with E-state index in [1.165, 1.54) is 6.92 Å². The minimum Gasteiger partial charge on any atom is -0.451 e. The summed E-state index contributed by atoms with van der Waals surface area (Å²) in [7, 11) is 0.